The van der Waals surface area contributed by atoms with Gasteiger partial charge in [-0.05, 0) is 38.8 Å². The number of aryl methyl sites for hydroxylation is 1. The summed E-state index contributed by atoms with van der Waals surface area (Å²) in [6, 6.07) is 3.05. The van der Waals surface area contributed by atoms with Gasteiger partial charge in [-0.1, -0.05) is 0 Å². The molecular weight excluding hydrogens is 294 g/mol. The molecule has 0 bridgehead atoms. The molecular formula is C17H25N3O3. The van der Waals surface area contributed by atoms with Crippen molar-refractivity contribution >= 4 is 5.91 Å². The number of pyridine rings is 1. The van der Waals surface area contributed by atoms with Crippen molar-refractivity contribution in [3.63, 3.8) is 0 Å². The lowest BCUT2D eigenvalue weighted by Gasteiger charge is -2.34. The topological polar surface area (TPSA) is 65.6 Å². The third-order valence-electron chi connectivity index (χ3n) is 4.58. The standard InChI is InChI=1S/C17H25N3O3/c1-12-15(5-6-16(21)18-12)17(22)20(9-13-3-4-13)11-14-10-19(2)7-8-23-14/h5-6,13-14H,3-4,7-11H2,1-2H3,(H,18,21)/t14-/m1/s1. The van der Waals surface area contributed by atoms with Gasteiger partial charge in [0.25, 0.3) is 5.91 Å². The van der Waals surface area contributed by atoms with E-state index in [4.69, 9.17) is 4.74 Å². The minimum Gasteiger partial charge on any atom is -0.374 e. The molecule has 2 fully saturated rings. The number of ether oxygens (including phenoxy) is 1. The van der Waals surface area contributed by atoms with Crippen LogP contribution in [0.15, 0.2) is 16.9 Å². The first-order valence-electron chi connectivity index (χ1n) is 8.32. The maximum Gasteiger partial charge on any atom is 0.255 e. The van der Waals surface area contributed by atoms with Crippen molar-refractivity contribution in [1.29, 1.82) is 0 Å². The van der Waals surface area contributed by atoms with Crippen LogP contribution in [0, 0.1) is 12.8 Å². The summed E-state index contributed by atoms with van der Waals surface area (Å²) in [5.41, 5.74) is 1.03. The molecule has 0 spiro atoms. The lowest BCUT2D eigenvalue weighted by molar-refractivity contribution is -0.0331. The molecule has 1 aliphatic carbocycles. The van der Waals surface area contributed by atoms with Crippen LogP contribution in [0.5, 0.6) is 0 Å². The number of morpholine rings is 1. The first kappa shape index (κ1) is 16.2. The zero-order valence-corrected chi connectivity index (χ0v) is 13.9. The number of hydrogen-bond donors (Lipinski definition) is 1. The Morgan fingerprint density at radius 1 is 1.39 bits per heavy atom. The Morgan fingerprint density at radius 2 is 2.17 bits per heavy atom. The Morgan fingerprint density at radius 3 is 2.83 bits per heavy atom. The summed E-state index contributed by atoms with van der Waals surface area (Å²) >= 11 is 0. The number of aromatic amines is 1. The molecule has 2 heterocycles. The number of likely N-dealkylation sites (N-methyl/N-ethyl adjacent to an activating group) is 1. The molecule has 1 amide bonds. The quantitative estimate of drug-likeness (QED) is 0.874. The van der Waals surface area contributed by atoms with Crippen LogP contribution in [0.1, 0.15) is 28.9 Å². The van der Waals surface area contributed by atoms with Gasteiger partial charge in [0.1, 0.15) is 0 Å². The monoisotopic (exact) mass is 319 g/mol. The molecule has 6 heteroatoms. The fourth-order valence-corrected chi connectivity index (χ4v) is 3.06. The van der Waals surface area contributed by atoms with Gasteiger partial charge in [0.2, 0.25) is 5.56 Å². The molecule has 3 rings (SSSR count). The van der Waals surface area contributed by atoms with Crippen LogP contribution in [-0.4, -0.2) is 66.6 Å². The predicted molar refractivity (Wildman–Crippen MR) is 87.7 cm³/mol. The summed E-state index contributed by atoms with van der Waals surface area (Å²) in [5.74, 6) is 0.603. The number of carbonyl (C=O) groups excluding carboxylic acids is 1. The highest BCUT2D eigenvalue weighted by Crippen LogP contribution is 2.30. The minimum absolute atomic E-state index is 0.0116. The maximum atomic E-state index is 12.9. The third kappa shape index (κ3) is 4.20. The van der Waals surface area contributed by atoms with Crippen LogP contribution in [0.4, 0.5) is 0 Å². The molecule has 1 N–H and O–H groups in total. The van der Waals surface area contributed by atoms with Crippen molar-refractivity contribution in [2.45, 2.75) is 25.9 Å². The highest BCUT2D eigenvalue weighted by Gasteiger charge is 2.30. The Bertz CT molecular complexity index is 624. The molecule has 0 aromatic carbocycles. The van der Waals surface area contributed by atoms with Crippen molar-refractivity contribution in [3.8, 4) is 0 Å². The Hall–Kier alpha value is -1.66. The second kappa shape index (κ2) is 6.84. The summed E-state index contributed by atoms with van der Waals surface area (Å²) in [7, 11) is 2.08. The molecule has 2 aliphatic rings. The molecule has 1 saturated heterocycles. The van der Waals surface area contributed by atoms with E-state index in [0.717, 1.165) is 19.6 Å². The predicted octanol–water partition coefficient (Wildman–Crippen LogP) is 0.866. The van der Waals surface area contributed by atoms with E-state index in [1.807, 2.05) is 4.90 Å². The average molecular weight is 319 g/mol. The van der Waals surface area contributed by atoms with E-state index in [-0.39, 0.29) is 17.6 Å². The summed E-state index contributed by atoms with van der Waals surface area (Å²) in [6.07, 6.45) is 2.44. The normalized spacial score (nSPS) is 22.1. The van der Waals surface area contributed by atoms with Gasteiger partial charge in [0, 0.05) is 37.9 Å². The molecule has 1 aromatic heterocycles. The molecule has 1 saturated carbocycles. The van der Waals surface area contributed by atoms with Gasteiger partial charge in [0.15, 0.2) is 0 Å². The number of nitrogens with zero attached hydrogens (tertiary/aromatic N) is 2. The van der Waals surface area contributed by atoms with Gasteiger partial charge < -0.3 is 19.5 Å². The maximum absolute atomic E-state index is 12.9. The number of aromatic nitrogens is 1. The van der Waals surface area contributed by atoms with Crippen molar-refractivity contribution in [2.24, 2.45) is 5.92 Å². The largest absolute Gasteiger partial charge is 0.374 e. The van der Waals surface area contributed by atoms with E-state index in [2.05, 4.69) is 16.9 Å². The zero-order chi connectivity index (χ0) is 16.4. The van der Waals surface area contributed by atoms with Gasteiger partial charge in [-0.2, -0.15) is 0 Å². The van der Waals surface area contributed by atoms with Gasteiger partial charge in [-0.25, -0.2) is 0 Å². The first-order chi connectivity index (χ1) is 11.0. The van der Waals surface area contributed by atoms with Gasteiger partial charge >= 0.3 is 0 Å². The smallest absolute Gasteiger partial charge is 0.255 e. The zero-order valence-electron chi connectivity index (χ0n) is 13.9. The van der Waals surface area contributed by atoms with E-state index in [0.29, 0.717) is 30.3 Å². The van der Waals surface area contributed by atoms with Crippen molar-refractivity contribution in [1.82, 2.24) is 14.8 Å². The first-order valence-corrected chi connectivity index (χ1v) is 8.32. The number of nitrogens with one attached hydrogen (secondary N) is 1. The van der Waals surface area contributed by atoms with E-state index in [1.165, 1.54) is 18.9 Å². The summed E-state index contributed by atoms with van der Waals surface area (Å²) in [5, 5.41) is 0. The number of carbonyl (C=O) groups is 1. The van der Waals surface area contributed by atoms with E-state index in [1.54, 1.807) is 13.0 Å². The average Bonchev–Trinajstić information content (AvgIpc) is 3.30. The number of amides is 1. The summed E-state index contributed by atoms with van der Waals surface area (Å²) in [6.45, 7) is 5.66. The molecule has 1 atom stereocenters. The number of rotatable bonds is 5. The van der Waals surface area contributed by atoms with Crippen molar-refractivity contribution < 1.29 is 9.53 Å². The van der Waals surface area contributed by atoms with Gasteiger partial charge in [-0.15, -0.1) is 0 Å². The van der Waals surface area contributed by atoms with Crippen molar-refractivity contribution in [2.75, 3.05) is 39.8 Å². The van der Waals surface area contributed by atoms with Crippen LogP contribution < -0.4 is 5.56 Å². The summed E-state index contributed by atoms with van der Waals surface area (Å²) in [4.78, 5) is 31.2. The SMILES string of the molecule is Cc1[nH]c(=O)ccc1C(=O)N(CC1CC1)C[C@H]1CN(C)CCO1. The van der Waals surface area contributed by atoms with E-state index < -0.39 is 0 Å². The minimum atomic E-state index is -0.176. The molecule has 1 aliphatic heterocycles. The Kier molecular flexibility index (Phi) is 4.82. The Balaban J connectivity index is 1.74. The van der Waals surface area contributed by atoms with Crippen LogP contribution >= 0.6 is 0 Å². The summed E-state index contributed by atoms with van der Waals surface area (Å²) < 4.78 is 5.82. The number of hydrogen-bond acceptors (Lipinski definition) is 4. The highest BCUT2D eigenvalue weighted by molar-refractivity contribution is 5.95. The van der Waals surface area contributed by atoms with Crippen molar-refractivity contribution in [3.05, 3.63) is 33.7 Å². The molecule has 23 heavy (non-hydrogen) atoms. The molecule has 126 valence electrons. The van der Waals surface area contributed by atoms with Crippen LogP contribution in [0.25, 0.3) is 0 Å². The van der Waals surface area contributed by atoms with E-state index in [9.17, 15) is 9.59 Å². The third-order valence-corrected chi connectivity index (χ3v) is 4.58. The second-order valence-electron chi connectivity index (χ2n) is 6.77. The highest BCUT2D eigenvalue weighted by atomic mass is 16.5. The number of H-pyrrole nitrogens is 1. The molecule has 6 nitrogen and oxygen atoms in total. The lowest BCUT2D eigenvalue weighted by atomic mass is 10.1. The molecule has 1 aromatic rings. The van der Waals surface area contributed by atoms with E-state index >= 15 is 0 Å². The fraction of sp³-hybridized carbons (Fsp3) is 0.647. The van der Waals surface area contributed by atoms with Gasteiger partial charge in [-0.3, -0.25) is 9.59 Å². The van der Waals surface area contributed by atoms with Crippen LogP contribution in [-0.2, 0) is 4.74 Å². The molecule has 0 unspecified atom stereocenters. The Labute approximate surface area is 136 Å². The van der Waals surface area contributed by atoms with Crippen LogP contribution in [0.3, 0.4) is 0 Å². The molecule has 0 radical (unpaired) electrons. The second-order valence-corrected chi connectivity index (χ2v) is 6.77. The van der Waals surface area contributed by atoms with Crippen LogP contribution in [0.2, 0.25) is 0 Å². The lowest BCUT2D eigenvalue weighted by Crippen LogP contribution is -2.48. The fourth-order valence-electron chi connectivity index (χ4n) is 3.06. The van der Waals surface area contributed by atoms with Gasteiger partial charge in [0.05, 0.1) is 18.3 Å².